The first-order chi connectivity index (χ1) is 20.0. The smallest absolute Gasteiger partial charge is 0.364 e. The number of terminal acetylenes is 1. The number of nitrogens with two attached hydrogens (primary N) is 1. The van der Waals surface area contributed by atoms with Gasteiger partial charge in [0.25, 0.3) is 5.79 Å². The molecule has 0 aromatic heterocycles. The fourth-order valence-corrected chi connectivity index (χ4v) is 4.57. The van der Waals surface area contributed by atoms with Gasteiger partial charge in [-0.1, -0.05) is 42.5 Å². The summed E-state index contributed by atoms with van der Waals surface area (Å²) in [5.74, 6) is -2.74. The van der Waals surface area contributed by atoms with Crippen molar-refractivity contribution >= 4 is 29.4 Å². The Morgan fingerprint density at radius 1 is 1.17 bits per heavy atom. The van der Waals surface area contributed by atoms with E-state index < -0.39 is 73.5 Å². The molecule has 0 aliphatic carbocycles. The summed E-state index contributed by atoms with van der Waals surface area (Å²) in [6, 6.07) is 5.39. The molecule has 14 heteroatoms. The van der Waals surface area contributed by atoms with E-state index in [-0.39, 0.29) is 19.6 Å². The van der Waals surface area contributed by atoms with Crippen molar-refractivity contribution in [3.8, 4) is 12.3 Å². The van der Waals surface area contributed by atoms with Gasteiger partial charge in [0.05, 0.1) is 37.8 Å². The Morgan fingerprint density at radius 2 is 1.83 bits per heavy atom. The lowest BCUT2D eigenvalue weighted by molar-refractivity contribution is -0.311. The number of halogens is 1. The number of carboxylic acids is 1. The molecular formula is C28H40ClN3O10. The van der Waals surface area contributed by atoms with Crippen LogP contribution in [0.25, 0.3) is 0 Å². The number of nitrogens with one attached hydrogen (secondary N) is 2. The van der Waals surface area contributed by atoms with E-state index in [1.807, 2.05) is 0 Å². The van der Waals surface area contributed by atoms with E-state index in [4.69, 9.17) is 38.0 Å². The van der Waals surface area contributed by atoms with Gasteiger partial charge in [-0.05, 0) is 30.5 Å². The van der Waals surface area contributed by atoms with E-state index in [1.165, 1.54) is 0 Å². The van der Waals surface area contributed by atoms with Crippen LogP contribution in [0.2, 0.25) is 5.02 Å². The van der Waals surface area contributed by atoms with Gasteiger partial charge in [0.15, 0.2) is 0 Å². The molecule has 1 fully saturated rings. The van der Waals surface area contributed by atoms with Crippen molar-refractivity contribution < 1.29 is 49.0 Å². The molecule has 13 nitrogen and oxygen atoms in total. The monoisotopic (exact) mass is 613 g/mol. The second-order valence-corrected chi connectivity index (χ2v) is 10.4. The number of carboxylic acid groups (broad SMARTS) is 1. The zero-order valence-electron chi connectivity index (χ0n) is 23.2. The summed E-state index contributed by atoms with van der Waals surface area (Å²) in [6.07, 6.45) is 0.786. The summed E-state index contributed by atoms with van der Waals surface area (Å²) in [5, 5.41) is 48.2. The van der Waals surface area contributed by atoms with Crippen LogP contribution in [0.1, 0.15) is 37.7 Å². The third kappa shape index (κ3) is 11.5. The van der Waals surface area contributed by atoms with Gasteiger partial charge in [0.2, 0.25) is 11.8 Å². The minimum absolute atomic E-state index is 0.0185. The third-order valence-corrected chi connectivity index (χ3v) is 6.88. The molecular weight excluding hydrogens is 574 g/mol. The highest BCUT2D eigenvalue weighted by Gasteiger charge is 2.55. The van der Waals surface area contributed by atoms with Gasteiger partial charge in [-0.3, -0.25) is 9.59 Å². The maximum Gasteiger partial charge on any atom is 0.364 e. The van der Waals surface area contributed by atoms with Crippen LogP contribution in [0.15, 0.2) is 24.3 Å². The molecule has 6 atom stereocenters. The number of aliphatic carboxylic acids is 1. The van der Waals surface area contributed by atoms with E-state index in [2.05, 4.69) is 16.6 Å². The van der Waals surface area contributed by atoms with Gasteiger partial charge >= 0.3 is 5.97 Å². The molecule has 0 saturated carbocycles. The van der Waals surface area contributed by atoms with Gasteiger partial charge in [-0.25, -0.2) is 4.79 Å². The van der Waals surface area contributed by atoms with Crippen molar-refractivity contribution in [3.05, 3.63) is 34.9 Å². The molecule has 8 N–H and O–H groups in total. The molecule has 1 aromatic rings. The summed E-state index contributed by atoms with van der Waals surface area (Å²) in [6.45, 7) is -0.138. The van der Waals surface area contributed by atoms with E-state index in [0.29, 0.717) is 30.0 Å². The van der Waals surface area contributed by atoms with Crippen molar-refractivity contribution in [1.82, 2.24) is 10.6 Å². The molecule has 1 aliphatic rings. The lowest BCUT2D eigenvalue weighted by Gasteiger charge is -2.46. The molecule has 0 unspecified atom stereocenters. The third-order valence-electron chi connectivity index (χ3n) is 6.63. The van der Waals surface area contributed by atoms with Crippen molar-refractivity contribution in [1.29, 1.82) is 0 Å². The predicted octanol–water partition coefficient (Wildman–Crippen LogP) is -0.678. The van der Waals surface area contributed by atoms with E-state index >= 15 is 0 Å². The largest absolute Gasteiger partial charge is 0.477 e. The van der Waals surface area contributed by atoms with Crippen molar-refractivity contribution in [3.63, 3.8) is 0 Å². The lowest BCUT2D eigenvalue weighted by atomic mass is 9.88. The maximum atomic E-state index is 12.4. The minimum atomic E-state index is -2.34. The zero-order valence-corrected chi connectivity index (χ0v) is 24.0. The highest BCUT2D eigenvalue weighted by atomic mass is 35.5. The Labute approximate surface area is 249 Å². The molecule has 2 rings (SSSR count). The fourth-order valence-electron chi connectivity index (χ4n) is 4.44. The van der Waals surface area contributed by atoms with Crippen molar-refractivity contribution in [2.75, 3.05) is 32.9 Å². The van der Waals surface area contributed by atoms with Crippen LogP contribution in [0, 0.1) is 12.3 Å². The number of carbonyl (C=O) groups excluding carboxylic acids is 2. The Morgan fingerprint density at radius 3 is 2.45 bits per heavy atom. The van der Waals surface area contributed by atoms with Crippen LogP contribution in [0.3, 0.4) is 0 Å². The summed E-state index contributed by atoms with van der Waals surface area (Å²) in [5.41, 5.74) is 5.87. The second-order valence-electron chi connectivity index (χ2n) is 9.97. The number of benzene rings is 1. The van der Waals surface area contributed by atoms with Gasteiger partial charge in [0, 0.05) is 24.6 Å². The molecule has 0 spiro atoms. The van der Waals surface area contributed by atoms with Crippen LogP contribution < -0.4 is 16.4 Å². The number of carbonyl (C=O) groups is 3. The molecule has 1 heterocycles. The Bertz CT molecular complexity index is 1050. The summed E-state index contributed by atoms with van der Waals surface area (Å²) < 4.78 is 16.6. The van der Waals surface area contributed by atoms with E-state index in [0.717, 1.165) is 12.8 Å². The first-order valence-electron chi connectivity index (χ1n) is 13.6. The number of hydrogen-bond acceptors (Lipinski definition) is 10. The summed E-state index contributed by atoms with van der Waals surface area (Å²) >= 11 is 5.85. The number of ether oxygens (including phenoxy) is 3. The molecule has 234 valence electrons. The molecule has 1 aromatic carbocycles. The van der Waals surface area contributed by atoms with Gasteiger partial charge in [-0.15, -0.1) is 6.42 Å². The molecule has 42 heavy (non-hydrogen) atoms. The average Bonchev–Trinajstić information content (AvgIpc) is 2.94. The van der Waals surface area contributed by atoms with Crippen LogP contribution in [-0.4, -0.2) is 107 Å². The van der Waals surface area contributed by atoms with Crippen LogP contribution in [0.4, 0.5) is 0 Å². The topological polar surface area (TPSA) is 210 Å². The van der Waals surface area contributed by atoms with E-state index in [9.17, 15) is 34.8 Å². The Hall–Kier alpha value is -2.80. The number of unbranched alkanes of at least 4 members (excludes halogenated alkanes) is 3. The van der Waals surface area contributed by atoms with Gasteiger partial charge in [0.1, 0.15) is 18.8 Å². The van der Waals surface area contributed by atoms with E-state index in [1.54, 1.807) is 24.3 Å². The normalized spacial score (nSPS) is 23.5. The molecule has 0 bridgehead atoms. The molecule has 2 amide bonds. The number of aliphatic hydroxyl groups excluding tert-OH is 3. The number of hydrogen-bond donors (Lipinski definition) is 7. The number of primary amides is 1. The number of rotatable bonds is 19. The molecule has 0 radical (unpaired) electrons. The Kier molecular flexibility index (Phi) is 15.2. The molecule has 1 aliphatic heterocycles. The predicted molar refractivity (Wildman–Crippen MR) is 151 cm³/mol. The highest BCUT2D eigenvalue weighted by Crippen LogP contribution is 2.33. The van der Waals surface area contributed by atoms with Gasteiger partial charge < -0.3 is 51.0 Å². The first-order valence-corrected chi connectivity index (χ1v) is 14.0. The maximum absolute atomic E-state index is 12.4. The first kappa shape index (κ1) is 35.4. The van der Waals surface area contributed by atoms with Crippen LogP contribution in [0.5, 0.6) is 0 Å². The number of amides is 2. The zero-order chi connectivity index (χ0) is 31.1. The lowest BCUT2D eigenvalue weighted by Crippen LogP contribution is -2.68. The SMILES string of the molecule is C#CCOCCCCCCO[C@]1(C(=O)O)C[C@H](O)[C@@H](NCC(N)=O)[C@H]([C@H](O)[C@H](O)CNC(=O)Cc2ccc(Cl)cc2)O1. The Balaban J connectivity index is 2.04. The quantitative estimate of drug-likeness (QED) is 0.0767. The fraction of sp³-hybridized carbons (Fsp3) is 0.607. The van der Waals surface area contributed by atoms with Crippen molar-refractivity contribution in [2.24, 2.45) is 5.73 Å². The highest BCUT2D eigenvalue weighted by molar-refractivity contribution is 6.30. The van der Waals surface area contributed by atoms with Crippen LogP contribution in [-0.2, 0) is 35.0 Å². The summed E-state index contributed by atoms with van der Waals surface area (Å²) in [4.78, 5) is 36.1. The standard InChI is InChI=1S/C28H40ClN3O10/c1-2-11-40-12-5-3-4-6-13-41-28(27(38)39)15-20(33)24(32-17-22(30)35)26(42-28)25(37)21(34)16-31-23(36)14-18-7-9-19(29)10-8-18/h1,7-10,20-21,24-26,32-34,37H,3-6,11-17H2,(H2,30,35)(H,31,36)(H,38,39)/t20-,21+,24+,25+,26+,28+/m0/s1. The average molecular weight is 614 g/mol. The number of aliphatic hydroxyl groups is 3. The summed E-state index contributed by atoms with van der Waals surface area (Å²) in [7, 11) is 0. The second kappa shape index (κ2) is 18.0. The van der Waals surface area contributed by atoms with Gasteiger partial charge in [-0.2, -0.15) is 0 Å². The van der Waals surface area contributed by atoms with Crippen molar-refractivity contribution in [2.45, 2.75) is 74.8 Å². The van der Waals surface area contributed by atoms with Crippen LogP contribution >= 0.6 is 11.6 Å². The molecule has 1 saturated heterocycles. The minimum Gasteiger partial charge on any atom is -0.477 e.